The number of aliphatic hydroxyl groups excluding tert-OH is 1. The van der Waals surface area contributed by atoms with Crippen molar-refractivity contribution in [1.29, 1.82) is 0 Å². The van der Waals surface area contributed by atoms with Gasteiger partial charge in [0, 0.05) is 5.39 Å². The quantitative estimate of drug-likeness (QED) is 0.684. The lowest BCUT2D eigenvalue weighted by atomic mass is 10.1. The molecule has 5 heteroatoms. The number of aromatic nitrogens is 1. The maximum Gasteiger partial charge on any atom is 0.226 e. The van der Waals surface area contributed by atoms with E-state index in [1.165, 1.54) is 0 Å². The first-order valence-corrected chi connectivity index (χ1v) is 7.68. The molecule has 0 saturated carbocycles. The van der Waals surface area contributed by atoms with Crippen LogP contribution < -0.4 is 10.1 Å². The second-order valence-corrected chi connectivity index (χ2v) is 5.37. The van der Waals surface area contributed by atoms with Crippen molar-refractivity contribution in [2.75, 3.05) is 6.73 Å². The van der Waals surface area contributed by atoms with Crippen molar-refractivity contribution in [1.82, 2.24) is 10.3 Å². The van der Waals surface area contributed by atoms with Crippen molar-refractivity contribution in [2.45, 2.75) is 13.0 Å². The average molecular weight is 322 g/mol. The molecule has 0 atom stereocenters. The number of hydrogen-bond acceptors (Lipinski definition) is 4. The zero-order valence-electron chi connectivity index (χ0n) is 13.1. The average Bonchev–Trinajstić information content (AvgIpc) is 2.60. The highest BCUT2D eigenvalue weighted by atomic mass is 16.5. The fraction of sp³-hybridized carbons (Fsp3) is 0.158. The Balaban J connectivity index is 1.66. The molecule has 122 valence electrons. The van der Waals surface area contributed by atoms with Gasteiger partial charge in [-0.25, -0.2) is 4.98 Å². The second kappa shape index (κ2) is 7.57. The highest BCUT2D eigenvalue weighted by molar-refractivity contribution is 5.79. The standard InChI is InChI=1S/C19H18N2O3/c22-13-20-19(23)11-14-4-3-6-17(10-14)24-12-16-9-8-15-5-1-2-7-18(15)21-16/h1-10,22H,11-13H2,(H,20,23). The van der Waals surface area contributed by atoms with Crippen LogP contribution in [0.15, 0.2) is 60.7 Å². The number of para-hydroxylation sites is 1. The lowest BCUT2D eigenvalue weighted by Gasteiger charge is -2.08. The number of aliphatic hydroxyl groups is 1. The molecule has 2 aromatic carbocycles. The number of rotatable bonds is 6. The summed E-state index contributed by atoms with van der Waals surface area (Å²) in [5.74, 6) is 0.449. The maximum absolute atomic E-state index is 11.5. The summed E-state index contributed by atoms with van der Waals surface area (Å²) in [6, 6.07) is 19.2. The predicted molar refractivity (Wildman–Crippen MR) is 91.4 cm³/mol. The third kappa shape index (κ3) is 4.08. The van der Waals surface area contributed by atoms with Gasteiger partial charge in [-0.05, 0) is 29.8 Å². The molecule has 0 fully saturated rings. The molecular weight excluding hydrogens is 304 g/mol. The highest BCUT2D eigenvalue weighted by Crippen LogP contribution is 2.17. The SMILES string of the molecule is O=C(Cc1cccc(OCc2ccc3ccccc3n2)c1)NCO. The largest absolute Gasteiger partial charge is 0.487 e. The van der Waals surface area contributed by atoms with Crippen molar-refractivity contribution < 1.29 is 14.6 Å². The van der Waals surface area contributed by atoms with Gasteiger partial charge in [-0.2, -0.15) is 0 Å². The van der Waals surface area contributed by atoms with Crippen LogP contribution in [-0.2, 0) is 17.8 Å². The van der Waals surface area contributed by atoms with Gasteiger partial charge in [0.25, 0.3) is 0 Å². The molecule has 0 unspecified atom stereocenters. The Morgan fingerprint density at radius 2 is 1.96 bits per heavy atom. The monoisotopic (exact) mass is 322 g/mol. The molecule has 0 aliphatic carbocycles. The van der Waals surface area contributed by atoms with E-state index >= 15 is 0 Å². The molecular formula is C19H18N2O3. The lowest BCUT2D eigenvalue weighted by molar-refractivity contribution is -0.121. The fourth-order valence-corrected chi connectivity index (χ4v) is 2.43. The van der Waals surface area contributed by atoms with E-state index in [-0.39, 0.29) is 19.1 Å². The van der Waals surface area contributed by atoms with Crippen LogP contribution >= 0.6 is 0 Å². The molecule has 0 radical (unpaired) electrons. The van der Waals surface area contributed by atoms with E-state index in [9.17, 15) is 4.79 Å². The molecule has 1 amide bonds. The number of carbonyl (C=O) groups is 1. The molecule has 0 aliphatic rings. The molecule has 0 bridgehead atoms. The van der Waals surface area contributed by atoms with Crippen molar-refractivity contribution in [3.63, 3.8) is 0 Å². The second-order valence-electron chi connectivity index (χ2n) is 5.37. The smallest absolute Gasteiger partial charge is 0.226 e. The summed E-state index contributed by atoms with van der Waals surface area (Å²) in [5, 5.41) is 12.1. The third-order valence-electron chi connectivity index (χ3n) is 3.58. The van der Waals surface area contributed by atoms with Crippen LogP contribution in [0.2, 0.25) is 0 Å². The molecule has 0 saturated heterocycles. The lowest BCUT2D eigenvalue weighted by Crippen LogP contribution is -2.25. The van der Waals surface area contributed by atoms with E-state index in [2.05, 4.69) is 10.3 Å². The van der Waals surface area contributed by atoms with Crippen LogP contribution in [0.4, 0.5) is 0 Å². The number of amides is 1. The van der Waals surface area contributed by atoms with E-state index in [1.54, 1.807) is 0 Å². The first-order valence-electron chi connectivity index (χ1n) is 7.68. The summed E-state index contributed by atoms with van der Waals surface area (Å²) in [6.07, 6.45) is 0.200. The summed E-state index contributed by atoms with van der Waals surface area (Å²) in [6.45, 7) is -0.000217. The predicted octanol–water partition coefficient (Wildman–Crippen LogP) is 2.42. The Hall–Kier alpha value is -2.92. The molecule has 1 aromatic heterocycles. The van der Waals surface area contributed by atoms with Gasteiger partial charge in [0.1, 0.15) is 19.1 Å². The van der Waals surface area contributed by atoms with Gasteiger partial charge in [-0.1, -0.05) is 36.4 Å². The van der Waals surface area contributed by atoms with Crippen molar-refractivity contribution >= 4 is 16.8 Å². The van der Waals surface area contributed by atoms with E-state index in [1.807, 2.05) is 60.7 Å². The number of ether oxygens (including phenoxy) is 1. The van der Waals surface area contributed by atoms with Crippen LogP contribution in [0.1, 0.15) is 11.3 Å². The molecule has 0 spiro atoms. The Morgan fingerprint density at radius 3 is 2.83 bits per heavy atom. The zero-order chi connectivity index (χ0) is 16.8. The first-order chi connectivity index (χ1) is 11.7. The number of benzene rings is 2. The topological polar surface area (TPSA) is 71.5 Å². The number of nitrogens with zero attached hydrogens (tertiary/aromatic N) is 1. The van der Waals surface area contributed by atoms with Gasteiger partial charge < -0.3 is 15.2 Å². The molecule has 0 aliphatic heterocycles. The third-order valence-corrected chi connectivity index (χ3v) is 3.58. The Bertz CT molecular complexity index is 849. The minimum atomic E-state index is -0.358. The summed E-state index contributed by atoms with van der Waals surface area (Å²) >= 11 is 0. The number of fused-ring (bicyclic) bond motifs is 1. The molecule has 3 aromatic rings. The molecule has 3 rings (SSSR count). The van der Waals surface area contributed by atoms with Crippen LogP contribution in [0.25, 0.3) is 10.9 Å². The fourth-order valence-electron chi connectivity index (χ4n) is 2.43. The van der Waals surface area contributed by atoms with E-state index < -0.39 is 0 Å². The van der Waals surface area contributed by atoms with Crippen LogP contribution in [0, 0.1) is 0 Å². The normalized spacial score (nSPS) is 10.5. The minimum Gasteiger partial charge on any atom is -0.487 e. The van der Waals surface area contributed by atoms with Gasteiger partial charge in [0.15, 0.2) is 0 Å². The minimum absolute atomic E-state index is 0.200. The van der Waals surface area contributed by atoms with Gasteiger partial charge in [0.05, 0.1) is 17.6 Å². The van der Waals surface area contributed by atoms with Crippen molar-refractivity contribution in [3.05, 3.63) is 71.9 Å². The molecule has 1 heterocycles. The van der Waals surface area contributed by atoms with Crippen molar-refractivity contribution in [3.8, 4) is 5.75 Å². The van der Waals surface area contributed by atoms with Gasteiger partial charge in [-0.3, -0.25) is 4.79 Å². The van der Waals surface area contributed by atoms with E-state index in [0.717, 1.165) is 22.2 Å². The zero-order valence-corrected chi connectivity index (χ0v) is 13.1. The Morgan fingerprint density at radius 1 is 1.08 bits per heavy atom. The van der Waals surface area contributed by atoms with Crippen molar-refractivity contribution in [2.24, 2.45) is 0 Å². The van der Waals surface area contributed by atoms with Crippen LogP contribution in [0.5, 0.6) is 5.75 Å². The van der Waals surface area contributed by atoms with Crippen LogP contribution in [-0.4, -0.2) is 22.7 Å². The number of pyridine rings is 1. The summed E-state index contributed by atoms with van der Waals surface area (Å²) in [4.78, 5) is 16.1. The first kappa shape index (κ1) is 16.0. The Labute approximate surface area is 139 Å². The Kier molecular flexibility index (Phi) is 5.03. The van der Waals surface area contributed by atoms with Gasteiger partial charge in [-0.15, -0.1) is 0 Å². The van der Waals surface area contributed by atoms with E-state index in [4.69, 9.17) is 9.84 Å². The number of hydrogen-bond donors (Lipinski definition) is 2. The highest BCUT2D eigenvalue weighted by Gasteiger charge is 2.04. The summed E-state index contributed by atoms with van der Waals surface area (Å²) < 4.78 is 5.78. The maximum atomic E-state index is 11.5. The molecule has 24 heavy (non-hydrogen) atoms. The number of nitrogens with one attached hydrogen (secondary N) is 1. The van der Waals surface area contributed by atoms with E-state index in [0.29, 0.717) is 12.4 Å². The van der Waals surface area contributed by atoms with Gasteiger partial charge in [0.2, 0.25) is 5.91 Å². The number of carbonyl (C=O) groups excluding carboxylic acids is 1. The van der Waals surface area contributed by atoms with Gasteiger partial charge >= 0.3 is 0 Å². The van der Waals surface area contributed by atoms with Crippen LogP contribution in [0.3, 0.4) is 0 Å². The summed E-state index contributed by atoms with van der Waals surface area (Å²) in [5.41, 5.74) is 2.61. The molecule has 5 nitrogen and oxygen atoms in total. The summed E-state index contributed by atoms with van der Waals surface area (Å²) in [7, 11) is 0. The molecule has 2 N–H and O–H groups in total.